The van der Waals surface area contributed by atoms with Crippen LogP contribution in [-0.2, 0) is 6.18 Å². The molecule has 0 radical (unpaired) electrons. The summed E-state index contributed by atoms with van der Waals surface area (Å²) in [7, 11) is 1.30. The maximum Gasteiger partial charge on any atom is 0.416 e. The Bertz CT molecular complexity index is 969. The molecule has 0 aliphatic carbocycles. The van der Waals surface area contributed by atoms with Gasteiger partial charge in [0.25, 0.3) is 5.91 Å². The van der Waals surface area contributed by atoms with Gasteiger partial charge in [0.1, 0.15) is 11.6 Å². The van der Waals surface area contributed by atoms with Gasteiger partial charge in [0.05, 0.1) is 29.6 Å². The van der Waals surface area contributed by atoms with E-state index in [2.05, 4.69) is 10.4 Å². The second-order valence-corrected chi connectivity index (χ2v) is 5.48. The molecule has 0 saturated heterocycles. The third-order valence-electron chi connectivity index (χ3n) is 3.73. The summed E-state index contributed by atoms with van der Waals surface area (Å²) in [5.74, 6) is -1.42. The van der Waals surface area contributed by atoms with Gasteiger partial charge >= 0.3 is 6.18 Å². The lowest BCUT2D eigenvalue weighted by atomic mass is 10.1. The highest BCUT2D eigenvalue weighted by molar-refractivity contribution is 6.07. The zero-order valence-corrected chi connectivity index (χ0v) is 13.9. The molecule has 0 atom stereocenters. The van der Waals surface area contributed by atoms with Crippen molar-refractivity contribution in [3.63, 3.8) is 0 Å². The van der Waals surface area contributed by atoms with Crippen LogP contribution < -0.4 is 10.1 Å². The molecule has 0 saturated carbocycles. The van der Waals surface area contributed by atoms with Crippen molar-refractivity contribution in [3.05, 3.63) is 71.8 Å². The molecule has 1 aromatic heterocycles. The molecule has 0 unspecified atom stereocenters. The summed E-state index contributed by atoms with van der Waals surface area (Å²) < 4.78 is 59.0. The number of methoxy groups -OCH3 is 1. The standard InChI is InChI=1S/C18H13F4N3O2/c1-27-16-6-4-12(19)10-13(16)17(26)24-14-9-11(18(20,21)22)3-5-15(14)25-8-2-7-23-25/h2-10H,1H3,(H,24,26). The molecule has 0 aliphatic heterocycles. The van der Waals surface area contributed by atoms with Gasteiger partial charge in [-0.1, -0.05) is 0 Å². The Morgan fingerprint density at radius 2 is 1.96 bits per heavy atom. The van der Waals surface area contributed by atoms with Gasteiger partial charge in [-0.3, -0.25) is 4.79 Å². The number of halogens is 4. The van der Waals surface area contributed by atoms with E-state index in [9.17, 15) is 22.4 Å². The van der Waals surface area contributed by atoms with Gasteiger partial charge in [0, 0.05) is 12.4 Å². The van der Waals surface area contributed by atoms with E-state index in [1.165, 1.54) is 36.3 Å². The van der Waals surface area contributed by atoms with Gasteiger partial charge in [-0.15, -0.1) is 0 Å². The lowest BCUT2D eigenvalue weighted by Crippen LogP contribution is -2.16. The minimum atomic E-state index is -4.60. The van der Waals surface area contributed by atoms with Crippen LogP contribution in [0, 0.1) is 5.82 Å². The van der Waals surface area contributed by atoms with Gasteiger partial charge in [-0.2, -0.15) is 18.3 Å². The van der Waals surface area contributed by atoms with Gasteiger partial charge < -0.3 is 10.1 Å². The lowest BCUT2D eigenvalue weighted by molar-refractivity contribution is -0.137. The number of hydrogen-bond donors (Lipinski definition) is 1. The number of benzene rings is 2. The van der Waals surface area contributed by atoms with Gasteiger partial charge in [0.2, 0.25) is 0 Å². The van der Waals surface area contributed by atoms with Crippen LogP contribution in [0.4, 0.5) is 23.2 Å². The van der Waals surface area contributed by atoms with Crippen molar-refractivity contribution >= 4 is 11.6 Å². The molecule has 2 aromatic carbocycles. The third kappa shape index (κ3) is 3.91. The highest BCUT2D eigenvalue weighted by Crippen LogP contribution is 2.33. The average Bonchev–Trinajstić information content (AvgIpc) is 3.15. The van der Waals surface area contributed by atoms with Crippen LogP contribution in [-0.4, -0.2) is 22.8 Å². The fourth-order valence-corrected chi connectivity index (χ4v) is 2.47. The fraction of sp³-hybridized carbons (Fsp3) is 0.111. The predicted octanol–water partition coefficient (Wildman–Crippen LogP) is 4.29. The monoisotopic (exact) mass is 379 g/mol. The smallest absolute Gasteiger partial charge is 0.416 e. The van der Waals surface area contributed by atoms with Crippen LogP contribution in [0.5, 0.6) is 5.75 Å². The normalized spacial score (nSPS) is 11.3. The highest BCUT2D eigenvalue weighted by atomic mass is 19.4. The first-order chi connectivity index (χ1) is 12.8. The molecule has 1 amide bonds. The number of anilines is 1. The Morgan fingerprint density at radius 1 is 1.19 bits per heavy atom. The molecule has 1 N–H and O–H groups in total. The summed E-state index contributed by atoms with van der Waals surface area (Å²) in [6, 6.07) is 7.75. The van der Waals surface area contributed by atoms with E-state index in [-0.39, 0.29) is 22.7 Å². The molecule has 3 aromatic rings. The van der Waals surface area contributed by atoms with Gasteiger partial charge in [-0.25, -0.2) is 9.07 Å². The first-order valence-electron chi connectivity index (χ1n) is 7.66. The summed E-state index contributed by atoms with van der Waals surface area (Å²) in [6.45, 7) is 0. The SMILES string of the molecule is COc1ccc(F)cc1C(=O)Nc1cc(C(F)(F)F)ccc1-n1cccn1. The maximum atomic E-state index is 13.5. The second kappa shape index (κ2) is 7.10. The minimum Gasteiger partial charge on any atom is -0.496 e. The van der Waals surface area contributed by atoms with Crippen molar-refractivity contribution in [2.45, 2.75) is 6.18 Å². The van der Waals surface area contributed by atoms with E-state index < -0.39 is 23.5 Å². The molecule has 1 heterocycles. The zero-order chi connectivity index (χ0) is 19.6. The van der Waals surface area contributed by atoms with E-state index in [1.807, 2.05) is 0 Å². The first kappa shape index (κ1) is 18.4. The Labute approximate surface area is 151 Å². The molecular weight excluding hydrogens is 366 g/mol. The van der Waals surface area contributed by atoms with Crippen molar-refractivity contribution in [2.24, 2.45) is 0 Å². The Morgan fingerprint density at radius 3 is 2.59 bits per heavy atom. The molecule has 0 bridgehead atoms. The molecule has 5 nitrogen and oxygen atoms in total. The molecule has 3 rings (SSSR count). The molecule has 9 heteroatoms. The van der Waals surface area contributed by atoms with Gasteiger partial charge in [-0.05, 0) is 42.5 Å². The van der Waals surface area contributed by atoms with Crippen LogP contribution in [0.1, 0.15) is 15.9 Å². The van der Waals surface area contributed by atoms with Crippen LogP contribution in [0.15, 0.2) is 54.9 Å². The number of ether oxygens (including phenoxy) is 1. The number of aromatic nitrogens is 2. The summed E-state index contributed by atoms with van der Waals surface area (Å²) in [6.07, 6.45) is -1.64. The second-order valence-electron chi connectivity index (χ2n) is 5.48. The van der Waals surface area contributed by atoms with Crippen molar-refractivity contribution in [2.75, 3.05) is 12.4 Å². The third-order valence-corrected chi connectivity index (χ3v) is 3.73. The van der Waals surface area contributed by atoms with Crippen molar-refractivity contribution in [1.29, 1.82) is 0 Å². The van der Waals surface area contributed by atoms with Gasteiger partial charge in [0.15, 0.2) is 0 Å². The Kier molecular flexibility index (Phi) is 4.85. The van der Waals surface area contributed by atoms with E-state index in [0.717, 1.165) is 24.3 Å². The van der Waals surface area contributed by atoms with E-state index in [0.29, 0.717) is 0 Å². The van der Waals surface area contributed by atoms with Crippen molar-refractivity contribution in [1.82, 2.24) is 9.78 Å². The lowest BCUT2D eigenvalue weighted by Gasteiger charge is -2.15. The Hall–Kier alpha value is -3.36. The number of amides is 1. The maximum absolute atomic E-state index is 13.5. The zero-order valence-electron chi connectivity index (χ0n) is 13.9. The average molecular weight is 379 g/mol. The van der Waals surface area contributed by atoms with Crippen LogP contribution in [0.3, 0.4) is 0 Å². The fourth-order valence-electron chi connectivity index (χ4n) is 2.47. The number of rotatable bonds is 4. The number of alkyl halides is 3. The highest BCUT2D eigenvalue weighted by Gasteiger charge is 2.31. The van der Waals surface area contributed by atoms with Crippen LogP contribution in [0.25, 0.3) is 5.69 Å². The van der Waals surface area contributed by atoms with E-state index >= 15 is 0 Å². The van der Waals surface area contributed by atoms with E-state index in [1.54, 1.807) is 6.07 Å². The molecule has 0 spiro atoms. The molecular formula is C18H13F4N3O2. The summed E-state index contributed by atoms with van der Waals surface area (Å²) in [4.78, 5) is 12.6. The molecule has 27 heavy (non-hydrogen) atoms. The van der Waals surface area contributed by atoms with Crippen molar-refractivity contribution < 1.29 is 27.1 Å². The quantitative estimate of drug-likeness (QED) is 0.688. The summed E-state index contributed by atoms with van der Waals surface area (Å²) in [5.41, 5.74) is -1.01. The predicted molar refractivity (Wildman–Crippen MR) is 89.5 cm³/mol. The minimum absolute atomic E-state index is 0.0847. The summed E-state index contributed by atoms with van der Waals surface area (Å²) in [5, 5.41) is 6.35. The van der Waals surface area contributed by atoms with E-state index in [4.69, 9.17) is 4.74 Å². The Balaban J connectivity index is 2.04. The van der Waals surface area contributed by atoms with Crippen molar-refractivity contribution in [3.8, 4) is 11.4 Å². The number of carbonyl (C=O) groups is 1. The molecule has 0 aliphatic rings. The number of carbonyl (C=O) groups excluding carboxylic acids is 1. The van der Waals surface area contributed by atoms with Crippen LogP contribution >= 0.6 is 0 Å². The molecule has 0 fully saturated rings. The topological polar surface area (TPSA) is 56.1 Å². The summed E-state index contributed by atoms with van der Waals surface area (Å²) >= 11 is 0. The number of nitrogens with zero attached hydrogens (tertiary/aromatic N) is 2. The molecule has 140 valence electrons. The first-order valence-corrected chi connectivity index (χ1v) is 7.66. The number of nitrogens with one attached hydrogen (secondary N) is 1. The van der Waals surface area contributed by atoms with Crippen LogP contribution in [0.2, 0.25) is 0 Å². The number of hydrogen-bond acceptors (Lipinski definition) is 3. The largest absolute Gasteiger partial charge is 0.496 e.